The van der Waals surface area contributed by atoms with Crippen molar-refractivity contribution in [3.8, 4) is 0 Å². The van der Waals surface area contributed by atoms with Gasteiger partial charge in [-0.1, -0.05) is 6.92 Å². The fourth-order valence-corrected chi connectivity index (χ4v) is 2.35. The molecule has 1 aliphatic heterocycles. The van der Waals surface area contributed by atoms with Crippen LogP contribution in [0.3, 0.4) is 0 Å². The van der Waals surface area contributed by atoms with Crippen LogP contribution >= 0.6 is 0 Å². The highest BCUT2D eigenvalue weighted by molar-refractivity contribution is 5.93. The number of aromatic nitrogens is 1. The Hall–Kier alpha value is -1.62. The van der Waals surface area contributed by atoms with Crippen LogP contribution in [-0.4, -0.2) is 46.6 Å². The number of nitrogens with one attached hydrogen (secondary N) is 1. The van der Waals surface area contributed by atoms with Crippen LogP contribution < -0.4 is 5.32 Å². The summed E-state index contributed by atoms with van der Waals surface area (Å²) in [6.45, 7) is 5.26. The number of likely N-dealkylation sites (N-methyl/N-ethyl adjacent to an activating group) is 1. The number of pyridine rings is 1. The minimum atomic E-state index is -0.936. The first-order chi connectivity index (χ1) is 8.70. The summed E-state index contributed by atoms with van der Waals surface area (Å²) in [5.74, 6) is -0.457. The Morgan fingerprint density at radius 3 is 3.22 bits per heavy atom. The third-order valence-corrected chi connectivity index (χ3v) is 3.33. The van der Waals surface area contributed by atoms with Crippen molar-refractivity contribution in [2.24, 2.45) is 0 Å². The minimum Gasteiger partial charge on any atom is -0.478 e. The molecule has 1 aliphatic rings. The molecule has 0 amide bonds. The van der Waals surface area contributed by atoms with Gasteiger partial charge in [0.15, 0.2) is 0 Å². The van der Waals surface area contributed by atoms with Crippen molar-refractivity contribution < 1.29 is 9.90 Å². The van der Waals surface area contributed by atoms with Gasteiger partial charge in [0, 0.05) is 18.8 Å². The van der Waals surface area contributed by atoms with Gasteiger partial charge in [0.2, 0.25) is 0 Å². The first kappa shape index (κ1) is 12.8. The number of hydrogen-bond donors (Lipinski definition) is 2. The summed E-state index contributed by atoms with van der Waals surface area (Å²) in [4.78, 5) is 17.6. The molecule has 2 rings (SSSR count). The van der Waals surface area contributed by atoms with Crippen molar-refractivity contribution in [2.45, 2.75) is 25.8 Å². The minimum absolute atomic E-state index is 0.242. The maximum atomic E-state index is 11.1. The SMILES string of the molecule is CCN1CCCC(Nc2ncccc2C(=O)O)C1. The van der Waals surface area contributed by atoms with E-state index in [2.05, 4.69) is 22.1 Å². The van der Waals surface area contributed by atoms with Crippen molar-refractivity contribution in [1.29, 1.82) is 0 Å². The van der Waals surface area contributed by atoms with E-state index in [0.29, 0.717) is 5.82 Å². The van der Waals surface area contributed by atoms with Crippen LogP contribution in [0.5, 0.6) is 0 Å². The smallest absolute Gasteiger partial charge is 0.339 e. The predicted octanol–water partition coefficient (Wildman–Crippen LogP) is 1.68. The highest BCUT2D eigenvalue weighted by Gasteiger charge is 2.20. The van der Waals surface area contributed by atoms with Crippen LogP contribution in [0, 0.1) is 0 Å². The quantitative estimate of drug-likeness (QED) is 0.850. The number of carboxylic acid groups (broad SMARTS) is 1. The lowest BCUT2D eigenvalue weighted by molar-refractivity contribution is 0.0697. The summed E-state index contributed by atoms with van der Waals surface area (Å²) in [5.41, 5.74) is 0.242. The molecule has 1 unspecified atom stereocenters. The highest BCUT2D eigenvalue weighted by Crippen LogP contribution is 2.17. The maximum absolute atomic E-state index is 11.1. The fourth-order valence-electron chi connectivity index (χ4n) is 2.35. The zero-order valence-electron chi connectivity index (χ0n) is 10.6. The summed E-state index contributed by atoms with van der Waals surface area (Å²) in [5, 5.41) is 12.4. The van der Waals surface area contributed by atoms with Crippen molar-refractivity contribution in [3.63, 3.8) is 0 Å². The van der Waals surface area contributed by atoms with Gasteiger partial charge in [-0.2, -0.15) is 0 Å². The topological polar surface area (TPSA) is 65.5 Å². The van der Waals surface area contributed by atoms with Gasteiger partial charge >= 0.3 is 5.97 Å². The summed E-state index contributed by atoms with van der Waals surface area (Å²) in [6.07, 6.45) is 3.82. The molecule has 1 saturated heterocycles. The second-order valence-corrected chi connectivity index (χ2v) is 4.58. The van der Waals surface area contributed by atoms with Gasteiger partial charge in [0.25, 0.3) is 0 Å². The fraction of sp³-hybridized carbons (Fsp3) is 0.538. The third kappa shape index (κ3) is 2.98. The zero-order chi connectivity index (χ0) is 13.0. The number of nitrogens with zero attached hydrogens (tertiary/aromatic N) is 2. The number of likely N-dealkylation sites (tertiary alicyclic amines) is 1. The molecule has 1 atom stereocenters. The van der Waals surface area contributed by atoms with Crippen molar-refractivity contribution in [3.05, 3.63) is 23.9 Å². The molecule has 1 aromatic heterocycles. The van der Waals surface area contributed by atoms with E-state index in [9.17, 15) is 4.79 Å². The van der Waals surface area contributed by atoms with E-state index in [1.807, 2.05) is 0 Å². The lowest BCUT2D eigenvalue weighted by atomic mass is 10.1. The van der Waals surface area contributed by atoms with Crippen molar-refractivity contribution >= 4 is 11.8 Å². The molecular formula is C13H19N3O2. The average molecular weight is 249 g/mol. The molecule has 0 radical (unpaired) electrons. The van der Waals surface area contributed by atoms with E-state index in [1.54, 1.807) is 18.3 Å². The van der Waals surface area contributed by atoms with E-state index in [0.717, 1.165) is 32.5 Å². The molecular weight excluding hydrogens is 230 g/mol. The number of anilines is 1. The van der Waals surface area contributed by atoms with E-state index in [4.69, 9.17) is 5.11 Å². The molecule has 2 N–H and O–H groups in total. The molecule has 0 spiro atoms. The first-order valence-electron chi connectivity index (χ1n) is 6.38. The van der Waals surface area contributed by atoms with Gasteiger partial charge in [0.1, 0.15) is 11.4 Å². The molecule has 2 heterocycles. The van der Waals surface area contributed by atoms with Gasteiger partial charge in [0.05, 0.1) is 0 Å². The average Bonchev–Trinajstić information content (AvgIpc) is 2.39. The first-order valence-corrected chi connectivity index (χ1v) is 6.38. The molecule has 1 aromatic rings. The Labute approximate surface area is 107 Å². The normalized spacial score (nSPS) is 20.6. The lowest BCUT2D eigenvalue weighted by Crippen LogP contribution is -2.42. The summed E-state index contributed by atoms with van der Waals surface area (Å²) < 4.78 is 0. The number of carbonyl (C=O) groups is 1. The number of piperidine rings is 1. The standard InChI is InChI=1S/C13H19N3O2/c1-2-16-8-4-5-10(9-16)15-12-11(13(17)18)6-3-7-14-12/h3,6-7,10H,2,4-5,8-9H2,1H3,(H,14,15)(H,17,18). The Morgan fingerprint density at radius 1 is 1.67 bits per heavy atom. The van der Waals surface area contributed by atoms with Gasteiger partial charge in [-0.25, -0.2) is 9.78 Å². The molecule has 0 aliphatic carbocycles. The highest BCUT2D eigenvalue weighted by atomic mass is 16.4. The second kappa shape index (κ2) is 5.82. The van der Waals surface area contributed by atoms with Crippen LogP contribution in [0.25, 0.3) is 0 Å². The van der Waals surface area contributed by atoms with E-state index >= 15 is 0 Å². The summed E-state index contributed by atoms with van der Waals surface area (Å²) >= 11 is 0. The zero-order valence-corrected chi connectivity index (χ0v) is 10.6. The second-order valence-electron chi connectivity index (χ2n) is 4.58. The number of carboxylic acids is 1. The van der Waals surface area contributed by atoms with Crippen molar-refractivity contribution in [2.75, 3.05) is 25.0 Å². The summed E-state index contributed by atoms with van der Waals surface area (Å²) in [7, 11) is 0. The van der Waals surface area contributed by atoms with E-state index in [-0.39, 0.29) is 11.6 Å². The van der Waals surface area contributed by atoms with Gasteiger partial charge in [-0.05, 0) is 38.1 Å². The Kier molecular flexibility index (Phi) is 4.15. The Balaban J connectivity index is 2.07. The largest absolute Gasteiger partial charge is 0.478 e. The van der Waals surface area contributed by atoms with Gasteiger partial charge < -0.3 is 15.3 Å². The molecule has 0 saturated carbocycles. The molecule has 5 nitrogen and oxygen atoms in total. The van der Waals surface area contributed by atoms with Gasteiger partial charge in [-0.15, -0.1) is 0 Å². The van der Waals surface area contributed by atoms with Crippen molar-refractivity contribution in [1.82, 2.24) is 9.88 Å². The number of aromatic carboxylic acids is 1. The maximum Gasteiger partial charge on any atom is 0.339 e. The van der Waals surface area contributed by atoms with Gasteiger partial charge in [-0.3, -0.25) is 0 Å². The van der Waals surface area contributed by atoms with Crippen LogP contribution in [0.4, 0.5) is 5.82 Å². The molecule has 0 bridgehead atoms. The summed E-state index contributed by atoms with van der Waals surface area (Å²) in [6, 6.07) is 3.51. The monoisotopic (exact) mass is 249 g/mol. The molecule has 5 heteroatoms. The van der Waals surface area contributed by atoms with E-state index in [1.165, 1.54) is 0 Å². The third-order valence-electron chi connectivity index (χ3n) is 3.33. The van der Waals surface area contributed by atoms with Crippen LogP contribution in [0.1, 0.15) is 30.1 Å². The van der Waals surface area contributed by atoms with Crippen LogP contribution in [0.2, 0.25) is 0 Å². The number of hydrogen-bond acceptors (Lipinski definition) is 4. The molecule has 1 fully saturated rings. The van der Waals surface area contributed by atoms with Crippen LogP contribution in [-0.2, 0) is 0 Å². The molecule has 98 valence electrons. The van der Waals surface area contributed by atoms with Crippen LogP contribution in [0.15, 0.2) is 18.3 Å². The predicted molar refractivity (Wildman–Crippen MR) is 70.0 cm³/mol. The number of rotatable bonds is 4. The lowest BCUT2D eigenvalue weighted by Gasteiger charge is -2.32. The molecule has 0 aromatic carbocycles. The van der Waals surface area contributed by atoms with E-state index < -0.39 is 5.97 Å². The molecule has 18 heavy (non-hydrogen) atoms. The Morgan fingerprint density at radius 2 is 2.50 bits per heavy atom. The Bertz CT molecular complexity index is 422.